The maximum absolute atomic E-state index is 5.27. The highest BCUT2D eigenvalue weighted by Crippen LogP contribution is 2.33. The molecule has 0 saturated heterocycles. The van der Waals surface area contributed by atoms with E-state index in [2.05, 4.69) is 59.4 Å². The van der Waals surface area contributed by atoms with Crippen molar-refractivity contribution < 1.29 is 4.74 Å². The van der Waals surface area contributed by atoms with Crippen molar-refractivity contribution in [1.82, 2.24) is 5.32 Å². The average Bonchev–Trinajstić information content (AvgIpc) is 2.43. The molecule has 2 nitrogen and oxygen atoms in total. The van der Waals surface area contributed by atoms with E-state index in [0.717, 1.165) is 10.2 Å². The first kappa shape index (κ1) is 15.1. The molecule has 1 atom stereocenters. The smallest absolute Gasteiger partial charge is 0.120 e. The second-order valence-corrected chi connectivity index (χ2v) is 5.77. The molecule has 2 rings (SSSR count). The van der Waals surface area contributed by atoms with Crippen molar-refractivity contribution >= 4 is 15.9 Å². The highest BCUT2D eigenvalue weighted by atomic mass is 79.9. The van der Waals surface area contributed by atoms with Crippen LogP contribution >= 0.6 is 15.9 Å². The predicted octanol–water partition coefficient (Wildman–Crippen LogP) is 4.38. The minimum Gasteiger partial charge on any atom is -0.497 e. The summed E-state index contributed by atoms with van der Waals surface area (Å²) < 4.78 is 6.32. The molecule has 2 aromatic rings. The van der Waals surface area contributed by atoms with Gasteiger partial charge in [-0.25, -0.2) is 0 Å². The summed E-state index contributed by atoms with van der Waals surface area (Å²) in [7, 11) is 3.68. The molecule has 0 aliphatic rings. The Morgan fingerprint density at radius 3 is 2.25 bits per heavy atom. The van der Waals surface area contributed by atoms with E-state index in [-0.39, 0.29) is 6.04 Å². The molecule has 0 amide bonds. The average molecular weight is 334 g/mol. The number of nitrogens with one attached hydrogen (secondary N) is 1. The van der Waals surface area contributed by atoms with Crippen molar-refractivity contribution in [2.24, 2.45) is 0 Å². The minimum absolute atomic E-state index is 0.163. The van der Waals surface area contributed by atoms with Gasteiger partial charge >= 0.3 is 0 Å². The van der Waals surface area contributed by atoms with Crippen LogP contribution in [0, 0.1) is 13.8 Å². The molecule has 1 unspecified atom stereocenters. The van der Waals surface area contributed by atoms with E-state index in [4.69, 9.17) is 4.74 Å². The number of ether oxygens (including phenoxy) is 1. The van der Waals surface area contributed by atoms with Gasteiger partial charge in [0.15, 0.2) is 0 Å². The zero-order valence-corrected chi connectivity index (χ0v) is 13.9. The standard InChI is InChI=1S/C17H20BrNO/c1-11-6-5-7-12(2)16(11)17(19-3)14-9-8-13(20-4)10-15(14)18/h5-10,17,19H,1-4H3. The molecule has 0 bridgehead atoms. The van der Waals surface area contributed by atoms with Crippen molar-refractivity contribution in [2.75, 3.05) is 14.2 Å². The van der Waals surface area contributed by atoms with Gasteiger partial charge in [0.2, 0.25) is 0 Å². The minimum atomic E-state index is 0.163. The Labute approximate surface area is 129 Å². The lowest BCUT2D eigenvalue weighted by molar-refractivity contribution is 0.414. The van der Waals surface area contributed by atoms with Crippen LogP contribution in [0.15, 0.2) is 40.9 Å². The normalized spacial score (nSPS) is 12.2. The Morgan fingerprint density at radius 1 is 1.10 bits per heavy atom. The van der Waals surface area contributed by atoms with Gasteiger partial charge in [0, 0.05) is 4.47 Å². The van der Waals surface area contributed by atoms with E-state index < -0.39 is 0 Å². The molecular formula is C17H20BrNO. The van der Waals surface area contributed by atoms with Crippen LogP contribution < -0.4 is 10.1 Å². The summed E-state index contributed by atoms with van der Waals surface area (Å²) in [6, 6.07) is 12.7. The fourth-order valence-electron chi connectivity index (χ4n) is 2.61. The Bertz CT molecular complexity index is 590. The molecular weight excluding hydrogens is 314 g/mol. The summed E-state index contributed by atoms with van der Waals surface area (Å²) in [6.45, 7) is 4.31. The zero-order valence-electron chi connectivity index (χ0n) is 12.3. The highest BCUT2D eigenvalue weighted by molar-refractivity contribution is 9.10. The number of halogens is 1. The second kappa shape index (κ2) is 6.42. The molecule has 0 aromatic heterocycles. The highest BCUT2D eigenvalue weighted by Gasteiger charge is 2.19. The van der Waals surface area contributed by atoms with Gasteiger partial charge in [0.05, 0.1) is 13.2 Å². The van der Waals surface area contributed by atoms with Crippen LogP contribution in [0.5, 0.6) is 5.75 Å². The van der Waals surface area contributed by atoms with Crippen LogP contribution in [0.4, 0.5) is 0 Å². The lowest BCUT2D eigenvalue weighted by Crippen LogP contribution is -2.20. The third kappa shape index (κ3) is 2.89. The number of methoxy groups -OCH3 is 1. The zero-order chi connectivity index (χ0) is 14.7. The Balaban J connectivity index is 2.53. The quantitative estimate of drug-likeness (QED) is 0.896. The lowest BCUT2D eigenvalue weighted by Gasteiger charge is -2.23. The van der Waals surface area contributed by atoms with Crippen LogP contribution in [-0.2, 0) is 0 Å². The number of rotatable bonds is 4. The van der Waals surface area contributed by atoms with Gasteiger partial charge in [-0.15, -0.1) is 0 Å². The summed E-state index contributed by atoms with van der Waals surface area (Å²) in [5, 5.41) is 3.42. The third-order valence-corrected chi connectivity index (χ3v) is 4.32. The van der Waals surface area contributed by atoms with Gasteiger partial charge < -0.3 is 10.1 Å². The van der Waals surface area contributed by atoms with Crippen LogP contribution in [0.3, 0.4) is 0 Å². The van der Waals surface area contributed by atoms with Gasteiger partial charge in [-0.05, 0) is 55.3 Å². The Kier molecular flexibility index (Phi) is 4.84. The summed E-state index contributed by atoms with van der Waals surface area (Å²) in [4.78, 5) is 0. The molecule has 2 aromatic carbocycles. The van der Waals surface area contributed by atoms with Gasteiger partial charge in [-0.3, -0.25) is 0 Å². The molecule has 20 heavy (non-hydrogen) atoms. The van der Waals surface area contributed by atoms with Crippen LogP contribution in [0.2, 0.25) is 0 Å². The molecule has 0 spiro atoms. The SMILES string of the molecule is CNC(c1ccc(OC)cc1Br)c1c(C)cccc1C. The largest absolute Gasteiger partial charge is 0.497 e. The van der Waals surface area contributed by atoms with E-state index in [1.165, 1.54) is 22.3 Å². The van der Waals surface area contributed by atoms with Crippen molar-refractivity contribution in [3.05, 3.63) is 63.1 Å². The second-order valence-electron chi connectivity index (χ2n) is 4.91. The molecule has 0 aliphatic carbocycles. The molecule has 3 heteroatoms. The first-order valence-corrected chi connectivity index (χ1v) is 7.44. The van der Waals surface area contributed by atoms with Crippen molar-refractivity contribution in [2.45, 2.75) is 19.9 Å². The van der Waals surface area contributed by atoms with Gasteiger partial charge in [-0.2, -0.15) is 0 Å². The van der Waals surface area contributed by atoms with Gasteiger partial charge in [0.1, 0.15) is 5.75 Å². The van der Waals surface area contributed by atoms with E-state index >= 15 is 0 Å². The van der Waals surface area contributed by atoms with Crippen LogP contribution in [-0.4, -0.2) is 14.2 Å². The van der Waals surface area contributed by atoms with Gasteiger partial charge in [-0.1, -0.05) is 40.2 Å². The monoisotopic (exact) mass is 333 g/mol. The summed E-state index contributed by atoms with van der Waals surface area (Å²) in [5.74, 6) is 0.858. The fourth-order valence-corrected chi connectivity index (χ4v) is 3.19. The summed E-state index contributed by atoms with van der Waals surface area (Å²) in [5.41, 5.74) is 5.14. The first-order valence-electron chi connectivity index (χ1n) is 6.65. The molecule has 0 radical (unpaired) electrons. The molecule has 1 N–H and O–H groups in total. The van der Waals surface area contributed by atoms with E-state index in [1.54, 1.807) is 7.11 Å². The van der Waals surface area contributed by atoms with E-state index in [9.17, 15) is 0 Å². The maximum Gasteiger partial charge on any atom is 0.120 e. The van der Waals surface area contributed by atoms with Crippen molar-refractivity contribution in [3.63, 3.8) is 0 Å². The Morgan fingerprint density at radius 2 is 1.75 bits per heavy atom. The molecule has 0 aliphatic heterocycles. The van der Waals surface area contributed by atoms with E-state index in [1.807, 2.05) is 19.2 Å². The predicted molar refractivity (Wildman–Crippen MR) is 87.5 cm³/mol. The Hall–Kier alpha value is -1.32. The molecule has 0 heterocycles. The molecule has 0 fully saturated rings. The fraction of sp³-hybridized carbons (Fsp3) is 0.294. The molecule has 106 valence electrons. The van der Waals surface area contributed by atoms with Gasteiger partial charge in [0.25, 0.3) is 0 Å². The number of aryl methyl sites for hydroxylation is 2. The third-order valence-electron chi connectivity index (χ3n) is 3.64. The van der Waals surface area contributed by atoms with Crippen molar-refractivity contribution in [1.29, 1.82) is 0 Å². The first-order chi connectivity index (χ1) is 9.58. The van der Waals surface area contributed by atoms with Crippen LogP contribution in [0.1, 0.15) is 28.3 Å². The topological polar surface area (TPSA) is 21.3 Å². The van der Waals surface area contributed by atoms with E-state index in [0.29, 0.717) is 0 Å². The molecule has 0 saturated carbocycles. The number of hydrogen-bond acceptors (Lipinski definition) is 2. The lowest BCUT2D eigenvalue weighted by atomic mass is 9.91. The summed E-state index contributed by atoms with van der Waals surface area (Å²) >= 11 is 3.66. The number of hydrogen-bond donors (Lipinski definition) is 1. The summed E-state index contributed by atoms with van der Waals surface area (Å²) in [6.07, 6.45) is 0. The van der Waals surface area contributed by atoms with Crippen LogP contribution in [0.25, 0.3) is 0 Å². The van der Waals surface area contributed by atoms with Crippen molar-refractivity contribution in [3.8, 4) is 5.75 Å². The maximum atomic E-state index is 5.27. The number of benzene rings is 2.